The summed E-state index contributed by atoms with van der Waals surface area (Å²) >= 11 is 11.7. The number of halogens is 2. The first kappa shape index (κ1) is 10.2. The van der Waals surface area contributed by atoms with E-state index in [4.69, 9.17) is 23.2 Å². The van der Waals surface area contributed by atoms with Crippen molar-refractivity contribution in [2.75, 3.05) is 0 Å². The molecule has 2 rings (SSSR count). The zero-order chi connectivity index (χ0) is 11.2. The first-order valence-electron chi connectivity index (χ1n) is 4.06. The van der Waals surface area contributed by atoms with Gasteiger partial charge in [0.1, 0.15) is 0 Å². The van der Waals surface area contributed by atoms with E-state index in [0.29, 0.717) is 5.56 Å². The number of hydrogen-bond acceptors (Lipinski definition) is 2. The van der Waals surface area contributed by atoms with Crippen LogP contribution in [-0.2, 0) is 0 Å². The Labute approximate surface area is 95.7 Å². The molecule has 0 radical (unpaired) electrons. The number of amides is 2. The highest BCUT2D eigenvalue weighted by Gasteiger charge is 2.31. The lowest BCUT2D eigenvalue weighted by Crippen LogP contribution is -2.20. The maximum absolute atomic E-state index is 11.4. The van der Waals surface area contributed by atoms with Crippen LogP contribution in [0.4, 0.5) is 0 Å². The number of hydrogen-bond donors (Lipinski definition) is 1. The fourth-order valence-corrected chi connectivity index (χ4v) is 1.93. The van der Waals surface area contributed by atoms with E-state index in [1.165, 1.54) is 12.1 Å². The summed E-state index contributed by atoms with van der Waals surface area (Å²) < 4.78 is 0. The molecule has 5 heteroatoms. The first-order valence-corrected chi connectivity index (χ1v) is 4.82. The normalized spacial score (nSPS) is 13.7. The van der Waals surface area contributed by atoms with Gasteiger partial charge in [0.15, 0.2) is 0 Å². The van der Waals surface area contributed by atoms with E-state index in [9.17, 15) is 9.59 Å². The molecule has 76 valence electrons. The van der Waals surface area contributed by atoms with Crippen LogP contribution in [0.2, 0.25) is 10.0 Å². The summed E-state index contributed by atoms with van der Waals surface area (Å²) in [6, 6.07) is 1.38. The Morgan fingerprint density at radius 2 is 1.93 bits per heavy atom. The zero-order valence-corrected chi connectivity index (χ0v) is 8.95. The van der Waals surface area contributed by atoms with Crippen LogP contribution >= 0.6 is 23.2 Å². The lowest BCUT2D eigenvalue weighted by atomic mass is 10.0. The van der Waals surface area contributed by atoms with Gasteiger partial charge in [0.05, 0.1) is 21.2 Å². The van der Waals surface area contributed by atoms with Crippen LogP contribution in [0.1, 0.15) is 26.3 Å². The molecule has 0 aliphatic carbocycles. The molecule has 2 amide bonds. The predicted octanol–water partition coefficient (Wildman–Crippen LogP) is 2.52. The van der Waals surface area contributed by atoms with Crippen LogP contribution in [0.5, 0.6) is 0 Å². The topological polar surface area (TPSA) is 46.2 Å². The second kappa shape index (κ2) is 3.36. The average molecular weight is 242 g/mol. The van der Waals surface area contributed by atoms with Crippen LogP contribution in [0, 0.1) is 0 Å². The molecule has 1 aromatic carbocycles. The number of imide groups is 1. The highest BCUT2D eigenvalue weighted by molar-refractivity contribution is 6.44. The van der Waals surface area contributed by atoms with Crippen molar-refractivity contribution in [2.45, 2.75) is 0 Å². The Hall–Kier alpha value is -1.32. The number of fused-ring (bicyclic) bond motifs is 1. The number of carbonyl (C=O) groups is 2. The van der Waals surface area contributed by atoms with E-state index >= 15 is 0 Å². The first-order chi connectivity index (χ1) is 7.06. The van der Waals surface area contributed by atoms with Crippen molar-refractivity contribution in [1.29, 1.82) is 0 Å². The van der Waals surface area contributed by atoms with Gasteiger partial charge in [-0.15, -0.1) is 0 Å². The molecule has 1 aliphatic rings. The SMILES string of the molecule is C=Cc1c(Cl)c(Cl)cc2c1C(=O)NC2=O. The molecule has 1 heterocycles. The fraction of sp³-hybridized carbons (Fsp3) is 0. The molecular weight excluding hydrogens is 237 g/mol. The quantitative estimate of drug-likeness (QED) is 0.769. The molecule has 3 nitrogen and oxygen atoms in total. The van der Waals surface area contributed by atoms with Gasteiger partial charge in [-0.05, 0) is 6.07 Å². The summed E-state index contributed by atoms with van der Waals surface area (Å²) in [4.78, 5) is 22.8. The number of rotatable bonds is 1. The van der Waals surface area contributed by atoms with Crippen molar-refractivity contribution in [2.24, 2.45) is 0 Å². The van der Waals surface area contributed by atoms with Crippen molar-refractivity contribution in [3.8, 4) is 0 Å². The number of nitrogens with one attached hydrogen (secondary N) is 1. The van der Waals surface area contributed by atoms with Crippen molar-refractivity contribution in [3.63, 3.8) is 0 Å². The average Bonchev–Trinajstić information content (AvgIpc) is 2.45. The van der Waals surface area contributed by atoms with Crippen LogP contribution in [0.15, 0.2) is 12.6 Å². The van der Waals surface area contributed by atoms with E-state index in [1.807, 2.05) is 0 Å². The van der Waals surface area contributed by atoms with Crippen LogP contribution < -0.4 is 5.32 Å². The van der Waals surface area contributed by atoms with Crippen molar-refractivity contribution in [3.05, 3.63) is 39.4 Å². The Kier molecular flexibility index (Phi) is 2.29. The van der Waals surface area contributed by atoms with E-state index in [-0.39, 0.29) is 21.2 Å². The Morgan fingerprint density at radius 3 is 2.53 bits per heavy atom. The lowest BCUT2D eigenvalue weighted by molar-refractivity contribution is 0.0879. The molecule has 0 aromatic heterocycles. The minimum Gasteiger partial charge on any atom is -0.288 e. The third-order valence-corrected chi connectivity index (χ3v) is 2.96. The van der Waals surface area contributed by atoms with E-state index < -0.39 is 11.8 Å². The maximum atomic E-state index is 11.4. The summed E-state index contributed by atoms with van der Waals surface area (Å²) in [5.74, 6) is -0.930. The molecular formula is C10H5Cl2NO2. The van der Waals surface area contributed by atoms with Gasteiger partial charge in [0.2, 0.25) is 0 Å². The van der Waals surface area contributed by atoms with Gasteiger partial charge < -0.3 is 0 Å². The molecule has 0 spiro atoms. The molecule has 15 heavy (non-hydrogen) atoms. The maximum Gasteiger partial charge on any atom is 0.259 e. The Balaban J connectivity index is 2.86. The molecule has 0 bridgehead atoms. The number of carbonyl (C=O) groups excluding carboxylic acids is 2. The molecule has 1 N–H and O–H groups in total. The van der Waals surface area contributed by atoms with Crippen LogP contribution in [0.3, 0.4) is 0 Å². The van der Waals surface area contributed by atoms with E-state index in [0.717, 1.165) is 0 Å². The standard InChI is InChI=1S/C10H5Cl2NO2/c1-2-4-7-5(3-6(11)8(4)12)9(14)13-10(7)15/h2-3H,1H2,(H,13,14,15). The highest BCUT2D eigenvalue weighted by atomic mass is 35.5. The number of benzene rings is 1. The molecule has 1 aliphatic heterocycles. The van der Waals surface area contributed by atoms with Crippen molar-refractivity contribution >= 4 is 41.1 Å². The second-order valence-electron chi connectivity index (χ2n) is 3.00. The van der Waals surface area contributed by atoms with E-state index in [1.54, 1.807) is 0 Å². The van der Waals surface area contributed by atoms with Crippen LogP contribution in [0.25, 0.3) is 6.08 Å². The highest BCUT2D eigenvalue weighted by Crippen LogP contribution is 2.34. The summed E-state index contributed by atoms with van der Waals surface area (Å²) in [6.07, 6.45) is 1.41. The summed E-state index contributed by atoms with van der Waals surface area (Å²) in [7, 11) is 0. The van der Waals surface area contributed by atoms with Gasteiger partial charge in [-0.25, -0.2) is 0 Å². The summed E-state index contributed by atoms with van der Waals surface area (Å²) in [5, 5.41) is 2.63. The molecule has 0 unspecified atom stereocenters. The monoisotopic (exact) mass is 241 g/mol. The van der Waals surface area contributed by atoms with Gasteiger partial charge in [-0.2, -0.15) is 0 Å². The third-order valence-electron chi connectivity index (χ3n) is 2.16. The molecule has 0 atom stereocenters. The molecule has 0 saturated heterocycles. The minimum absolute atomic E-state index is 0.232. The van der Waals surface area contributed by atoms with Gasteiger partial charge in [-0.3, -0.25) is 14.9 Å². The second-order valence-corrected chi connectivity index (χ2v) is 3.78. The molecule has 0 fully saturated rings. The molecule has 1 aromatic rings. The van der Waals surface area contributed by atoms with Crippen molar-refractivity contribution in [1.82, 2.24) is 5.32 Å². The minimum atomic E-state index is -0.469. The molecule has 0 saturated carbocycles. The van der Waals surface area contributed by atoms with Gasteiger partial charge in [-0.1, -0.05) is 35.9 Å². The van der Waals surface area contributed by atoms with Crippen LogP contribution in [-0.4, -0.2) is 11.8 Å². The van der Waals surface area contributed by atoms with Gasteiger partial charge in [0, 0.05) is 5.56 Å². The Bertz CT molecular complexity index is 509. The smallest absolute Gasteiger partial charge is 0.259 e. The summed E-state index contributed by atoms with van der Waals surface area (Å²) in [5.41, 5.74) is 0.871. The predicted molar refractivity (Wildman–Crippen MR) is 58.3 cm³/mol. The lowest BCUT2D eigenvalue weighted by Gasteiger charge is -2.05. The van der Waals surface area contributed by atoms with Gasteiger partial charge in [0.25, 0.3) is 11.8 Å². The largest absolute Gasteiger partial charge is 0.288 e. The zero-order valence-electron chi connectivity index (χ0n) is 7.43. The fourth-order valence-electron chi connectivity index (χ4n) is 1.49. The Morgan fingerprint density at radius 1 is 1.27 bits per heavy atom. The van der Waals surface area contributed by atoms with E-state index in [2.05, 4.69) is 11.9 Å². The van der Waals surface area contributed by atoms with Crippen molar-refractivity contribution < 1.29 is 9.59 Å². The summed E-state index contributed by atoms with van der Waals surface area (Å²) in [6.45, 7) is 3.54. The third kappa shape index (κ3) is 1.35. The van der Waals surface area contributed by atoms with Gasteiger partial charge >= 0.3 is 0 Å².